The smallest absolute Gasteiger partial charge is 0.251 e. The lowest BCUT2D eigenvalue weighted by atomic mass is 10.1. The van der Waals surface area contributed by atoms with Crippen LogP contribution in [0.15, 0.2) is 18.2 Å². The summed E-state index contributed by atoms with van der Waals surface area (Å²) < 4.78 is 0. The standard InChI is InChI=1S/C14H21N3O/c1-2-13(5-9-3-4-9)17-14(18)10-6-11(15)8-12(16)7-10/h6-9,13H,2-5,15-16H2,1H3,(H,17,18). The molecule has 1 aliphatic carbocycles. The summed E-state index contributed by atoms with van der Waals surface area (Å²) in [5, 5.41) is 3.06. The van der Waals surface area contributed by atoms with Gasteiger partial charge in [0.25, 0.3) is 5.91 Å². The first-order chi connectivity index (χ1) is 8.58. The summed E-state index contributed by atoms with van der Waals surface area (Å²) in [7, 11) is 0. The van der Waals surface area contributed by atoms with Gasteiger partial charge in [-0.2, -0.15) is 0 Å². The summed E-state index contributed by atoms with van der Waals surface area (Å²) in [4.78, 5) is 12.1. The maximum atomic E-state index is 12.1. The SMILES string of the molecule is CCC(CC1CC1)NC(=O)c1cc(N)cc(N)c1. The fraction of sp³-hybridized carbons (Fsp3) is 0.500. The van der Waals surface area contributed by atoms with Crippen LogP contribution in [-0.4, -0.2) is 11.9 Å². The summed E-state index contributed by atoms with van der Waals surface area (Å²) in [6.45, 7) is 2.10. The van der Waals surface area contributed by atoms with Crippen molar-refractivity contribution >= 4 is 17.3 Å². The molecule has 0 spiro atoms. The molecule has 1 unspecified atom stereocenters. The van der Waals surface area contributed by atoms with E-state index >= 15 is 0 Å². The third-order valence-electron chi connectivity index (χ3n) is 3.38. The fourth-order valence-electron chi connectivity index (χ4n) is 2.16. The van der Waals surface area contributed by atoms with Crippen LogP contribution < -0.4 is 16.8 Å². The molecule has 0 bridgehead atoms. The Morgan fingerprint density at radius 2 is 1.94 bits per heavy atom. The molecule has 1 amide bonds. The Hall–Kier alpha value is -1.71. The lowest BCUT2D eigenvalue weighted by molar-refractivity contribution is 0.0933. The van der Waals surface area contributed by atoms with E-state index < -0.39 is 0 Å². The number of carbonyl (C=O) groups is 1. The van der Waals surface area contributed by atoms with Gasteiger partial charge >= 0.3 is 0 Å². The molecule has 0 heterocycles. The summed E-state index contributed by atoms with van der Waals surface area (Å²) in [5.74, 6) is 0.725. The first-order valence-electron chi connectivity index (χ1n) is 6.55. The Labute approximate surface area is 108 Å². The molecule has 1 aromatic carbocycles. The number of nitrogens with one attached hydrogen (secondary N) is 1. The zero-order chi connectivity index (χ0) is 13.1. The molecule has 1 atom stereocenters. The highest BCUT2D eigenvalue weighted by atomic mass is 16.1. The second kappa shape index (κ2) is 5.29. The van der Waals surface area contributed by atoms with Crippen LogP contribution in [0.2, 0.25) is 0 Å². The Kier molecular flexibility index (Phi) is 3.75. The quantitative estimate of drug-likeness (QED) is 0.697. The Morgan fingerprint density at radius 3 is 2.44 bits per heavy atom. The minimum absolute atomic E-state index is 0.0819. The van der Waals surface area contributed by atoms with E-state index in [2.05, 4.69) is 12.2 Å². The highest BCUT2D eigenvalue weighted by molar-refractivity contribution is 5.96. The number of anilines is 2. The zero-order valence-corrected chi connectivity index (χ0v) is 10.8. The van der Waals surface area contributed by atoms with E-state index in [1.165, 1.54) is 12.8 Å². The van der Waals surface area contributed by atoms with Crippen molar-refractivity contribution in [3.8, 4) is 0 Å². The van der Waals surface area contributed by atoms with Crippen LogP contribution in [0.1, 0.15) is 43.0 Å². The number of nitrogen functional groups attached to an aromatic ring is 2. The van der Waals surface area contributed by atoms with Gasteiger partial charge in [0.1, 0.15) is 0 Å². The molecule has 1 aliphatic rings. The van der Waals surface area contributed by atoms with E-state index in [9.17, 15) is 4.79 Å². The molecule has 0 aromatic heterocycles. The van der Waals surface area contributed by atoms with Gasteiger partial charge in [-0.15, -0.1) is 0 Å². The van der Waals surface area contributed by atoms with Gasteiger partial charge in [-0.1, -0.05) is 19.8 Å². The summed E-state index contributed by atoms with van der Waals surface area (Å²) in [6, 6.07) is 5.23. The van der Waals surface area contributed by atoms with Crippen LogP contribution in [0.25, 0.3) is 0 Å². The zero-order valence-electron chi connectivity index (χ0n) is 10.8. The maximum absolute atomic E-state index is 12.1. The summed E-state index contributed by atoms with van der Waals surface area (Å²) in [5.41, 5.74) is 13.0. The largest absolute Gasteiger partial charge is 0.399 e. The fourth-order valence-corrected chi connectivity index (χ4v) is 2.16. The Bertz CT molecular complexity index is 420. The van der Waals surface area contributed by atoms with Crippen molar-refractivity contribution in [2.24, 2.45) is 5.92 Å². The molecule has 1 saturated carbocycles. The van der Waals surface area contributed by atoms with E-state index in [1.807, 2.05) is 0 Å². The minimum atomic E-state index is -0.0819. The monoisotopic (exact) mass is 247 g/mol. The predicted octanol–water partition coefficient (Wildman–Crippen LogP) is 2.16. The van der Waals surface area contributed by atoms with Crippen molar-refractivity contribution in [1.82, 2.24) is 5.32 Å². The van der Waals surface area contributed by atoms with Crippen LogP contribution in [0.5, 0.6) is 0 Å². The molecule has 98 valence electrons. The Balaban J connectivity index is 2.00. The van der Waals surface area contributed by atoms with E-state index in [1.54, 1.807) is 18.2 Å². The average molecular weight is 247 g/mol. The number of hydrogen-bond acceptors (Lipinski definition) is 3. The van der Waals surface area contributed by atoms with Crippen LogP contribution >= 0.6 is 0 Å². The van der Waals surface area contributed by atoms with Crippen molar-refractivity contribution in [1.29, 1.82) is 0 Å². The molecule has 1 aromatic rings. The van der Waals surface area contributed by atoms with E-state index in [4.69, 9.17) is 11.5 Å². The summed E-state index contributed by atoms with van der Waals surface area (Å²) in [6.07, 6.45) is 4.65. The van der Waals surface area contributed by atoms with Gasteiger partial charge in [-0.3, -0.25) is 4.79 Å². The molecule has 0 aliphatic heterocycles. The topological polar surface area (TPSA) is 81.1 Å². The Morgan fingerprint density at radius 1 is 1.33 bits per heavy atom. The third-order valence-corrected chi connectivity index (χ3v) is 3.38. The molecule has 2 rings (SSSR count). The van der Waals surface area contributed by atoms with Crippen molar-refractivity contribution in [2.75, 3.05) is 11.5 Å². The number of nitrogens with two attached hydrogens (primary N) is 2. The number of hydrogen-bond donors (Lipinski definition) is 3. The van der Waals surface area contributed by atoms with Gasteiger partial charge in [0.15, 0.2) is 0 Å². The molecule has 0 saturated heterocycles. The molecule has 4 nitrogen and oxygen atoms in total. The van der Waals surface area contributed by atoms with E-state index in [0.717, 1.165) is 18.8 Å². The van der Waals surface area contributed by atoms with E-state index in [0.29, 0.717) is 16.9 Å². The number of carbonyl (C=O) groups excluding carboxylic acids is 1. The maximum Gasteiger partial charge on any atom is 0.251 e. The minimum Gasteiger partial charge on any atom is -0.399 e. The first-order valence-corrected chi connectivity index (χ1v) is 6.55. The average Bonchev–Trinajstić information content (AvgIpc) is 3.10. The molecule has 0 radical (unpaired) electrons. The van der Waals surface area contributed by atoms with Crippen molar-refractivity contribution < 1.29 is 4.79 Å². The van der Waals surface area contributed by atoms with Gasteiger partial charge < -0.3 is 16.8 Å². The molecule has 1 fully saturated rings. The molecule has 4 heteroatoms. The van der Waals surface area contributed by atoms with Crippen molar-refractivity contribution in [3.63, 3.8) is 0 Å². The van der Waals surface area contributed by atoms with Gasteiger partial charge in [-0.25, -0.2) is 0 Å². The van der Waals surface area contributed by atoms with Gasteiger partial charge in [0.2, 0.25) is 0 Å². The predicted molar refractivity (Wildman–Crippen MR) is 74.2 cm³/mol. The normalized spacial score (nSPS) is 16.3. The molecular weight excluding hydrogens is 226 g/mol. The van der Waals surface area contributed by atoms with E-state index in [-0.39, 0.29) is 11.9 Å². The second-order valence-electron chi connectivity index (χ2n) is 5.15. The third kappa shape index (κ3) is 3.39. The van der Waals surface area contributed by atoms with Gasteiger partial charge in [-0.05, 0) is 37.0 Å². The number of rotatable bonds is 5. The molecule has 18 heavy (non-hydrogen) atoms. The molecular formula is C14H21N3O. The highest BCUT2D eigenvalue weighted by Gasteiger charge is 2.25. The van der Waals surface area contributed by atoms with Crippen LogP contribution in [-0.2, 0) is 0 Å². The van der Waals surface area contributed by atoms with Gasteiger partial charge in [0, 0.05) is 23.0 Å². The highest BCUT2D eigenvalue weighted by Crippen LogP contribution is 2.34. The lowest BCUT2D eigenvalue weighted by Gasteiger charge is -2.17. The van der Waals surface area contributed by atoms with Crippen molar-refractivity contribution in [2.45, 2.75) is 38.6 Å². The van der Waals surface area contributed by atoms with Crippen molar-refractivity contribution in [3.05, 3.63) is 23.8 Å². The van der Waals surface area contributed by atoms with Crippen LogP contribution in [0, 0.1) is 5.92 Å². The van der Waals surface area contributed by atoms with Crippen LogP contribution in [0.3, 0.4) is 0 Å². The first kappa shape index (κ1) is 12.7. The second-order valence-corrected chi connectivity index (χ2v) is 5.15. The summed E-state index contributed by atoms with van der Waals surface area (Å²) >= 11 is 0. The molecule has 5 N–H and O–H groups in total. The van der Waals surface area contributed by atoms with Gasteiger partial charge in [0.05, 0.1) is 0 Å². The lowest BCUT2D eigenvalue weighted by Crippen LogP contribution is -2.34. The van der Waals surface area contributed by atoms with Crippen LogP contribution in [0.4, 0.5) is 11.4 Å². The number of benzene rings is 1. The number of amides is 1.